The number of allylic oxidation sites excluding steroid dienone is 2. The minimum atomic E-state index is -0.366. The van der Waals surface area contributed by atoms with Crippen LogP contribution in [0.1, 0.15) is 62.2 Å². The van der Waals surface area contributed by atoms with Crippen LogP contribution in [0.25, 0.3) is 21.9 Å². The Bertz CT molecular complexity index is 1410. The molecule has 2 aromatic carbocycles. The first kappa shape index (κ1) is 24.8. The highest BCUT2D eigenvalue weighted by atomic mass is 16.5. The van der Waals surface area contributed by atoms with Crippen LogP contribution in [0, 0.1) is 0 Å². The van der Waals surface area contributed by atoms with E-state index in [4.69, 9.17) is 13.6 Å². The van der Waals surface area contributed by atoms with Gasteiger partial charge in [0.15, 0.2) is 11.5 Å². The highest BCUT2D eigenvalue weighted by Crippen LogP contribution is 2.38. The van der Waals surface area contributed by atoms with Gasteiger partial charge in [-0.05, 0) is 63.1 Å². The van der Waals surface area contributed by atoms with E-state index >= 15 is 0 Å². The standard InChI is InChI=1S/C15H14O4.C13H16O2/c1-8(2)14-15(17-3)10-6-9-4-5-13(16)18-11(9)7-12(10)19-14;1-9(2)4-5-12-8-11(10(3)14)6-7-13(12)15/h4-8H,1-3H3;4,6-8,15H,5H2,1-3H3. The van der Waals surface area contributed by atoms with Gasteiger partial charge < -0.3 is 18.7 Å². The zero-order valence-electron chi connectivity index (χ0n) is 20.4. The number of furan rings is 1. The molecule has 178 valence electrons. The third-order valence-corrected chi connectivity index (χ3v) is 5.35. The van der Waals surface area contributed by atoms with Gasteiger partial charge in [0, 0.05) is 29.0 Å². The van der Waals surface area contributed by atoms with Crippen LogP contribution < -0.4 is 10.4 Å². The minimum Gasteiger partial charge on any atom is -0.508 e. The van der Waals surface area contributed by atoms with Crippen molar-refractivity contribution in [2.45, 2.75) is 47.0 Å². The van der Waals surface area contributed by atoms with Gasteiger partial charge in [-0.25, -0.2) is 4.79 Å². The number of ketones is 1. The molecule has 0 unspecified atom stereocenters. The van der Waals surface area contributed by atoms with Crippen LogP contribution in [-0.4, -0.2) is 18.0 Å². The van der Waals surface area contributed by atoms with Gasteiger partial charge in [0.1, 0.15) is 22.7 Å². The Balaban J connectivity index is 0.000000197. The van der Waals surface area contributed by atoms with Gasteiger partial charge in [0.25, 0.3) is 0 Å². The number of hydrogen-bond acceptors (Lipinski definition) is 6. The van der Waals surface area contributed by atoms with Crippen molar-refractivity contribution in [1.29, 1.82) is 0 Å². The van der Waals surface area contributed by atoms with E-state index in [2.05, 4.69) is 0 Å². The largest absolute Gasteiger partial charge is 0.508 e. The summed E-state index contributed by atoms with van der Waals surface area (Å²) in [6, 6.07) is 11.8. The average molecular weight is 463 g/mol. The first-order valence-corrected chi connectivity index (χ1v) is 11.1. The van der Waals surface area contributed by atoms with Crippen molar-refractivity contribution in [2.24, 2.45) is 0 Å². The Morgan fingerprint density at radius 3 is 2.38 bits per heavy atom. The number of phenols is 1. The summed E-state index contributed by atoms with van der Waals surface area (Å²) in [6.07, 6.45) is 2.69. The number of fused-ring (bicyclic) bond motifs is 2. The van der Waals surface area contributed by atoms with Crippen molar-refractivity contribution in [3.05, 3.63) is 81.4 Å². The number of hydrogen-bond donors (Lipinski definition) is 1. The van der Waals surface area contributed by atoms with Gasteiger partial charge in [0.2, 0.25) is 0 Å². The number of rotatable bonds is 5. The van der Waals surface area contributed by atoms with Crippen molar-refractivity contribution in [3.8, 4) is 11.5 Å². The second-order valence-electron chi connectivity index (χ2n) is 8.68. The number of phenolic OH excluding ortho intramolecular Hbond substituents is 1. The number of Topliss-reactive ketones (excluding diaryl/α,β-unsaturated/α-hetero) is 1. The molecule has 4 rings (SSSR count). The molecule has 0 bridgehead atoms. The second-order valence-corrected chi connectivity index (χ2v) is 8.68. The molecule has 0 radical (unpaired) electrons. The molecule has 0 amide bonds. The quantitative estimate of drug-likeness (QED) is 0.200. The topological polar surface area (TPSA) is 89.9 Å². The zero-order valence-corrected chi connectivity index (χ0v) is 20.4. The summed E-state index contributed by atoms with van der Waals surface area (Å²) in [7, 11) is 1.63. The maximum Gasteiger partial charge on any atom is 0.336 e. The summed E-state index contributed by atoms with van der Waals surface area (Å²) in [6.45, 7) is 9.62. The third kappa shape index (κ3) is 5.57. The normalized spacial score (nSPS) is 10.8. The molecule has 34 heavy (non-hydrogen) atoms. The van der Waals surface area contributed by atoms with Gasteiger partial charge in [-0.2, -0.15) is 0 Å². The Morgan fingerprint density at radius 2 is 1.76 bits per heavy atom. The number of carbonyl (C=O) groups is 1. The van der Waals surface area contributed by atoms with Crippen molar-refractivity contribution < 1.29 is 23.5 Å². The molecule has 2 heterocycles. The van der Waals surface area contributed by atoms with E-state index < -0.39 is 0 Å². The highest BCUT2D eigenvalue weighted by molar-refractivity contribution is 5.97. The van der Waals surface area contributed by atoms with E-state index in [1.54, 1.807) is 37.4 Å². The second kappa shape index (κ2) is 10.4. The fraction of sp³-hybridized carbons (Fsp3) is 0.286. The molecular formula is C28H30O6. The molecule has 6 nitrogen and oxygen atoms in total. The van der Waals surface area contributed by atoms with Gasteiger partial charge >= 0.3 is 5.63 Å². The lowest BCUT2D eigenvalue weighted by atomic mass is 10.0. The molecule has 0 spiro atoms. The molecule has 6 heteroatoms. The fourth-order valence-electron chi connectivity index (χ4n) is 3.53. The lowest BCUT2D eigenvalue weighted by molar-refractivity contribution is 0.101. The molecule has 0 saturated carbocycles. The Labute approximate surface area is 198 Å². The SMILES string of the molecule is CC(=O)c1ccc(O)c(CC=C(C)C)c1.COc1c(C(C)C)oc2cc3oc(=O)ccc3cc12. The molecule has 4 aromatic rings. The summed E-state index contributed by atoms with van der Waals surface area (Å²) in [5, 5.41) is 11.3. The third-order valence-electron chi connectivity index (χ3n) is 5.35. The Morgan fingerprint density at radius 1 is 1.03 bits per heavy atom. The first-order valence-electron chi connectivity index (χ1n) is 11.1. The number of carbonyl (C=O) groups excluding carboxylic acids is 1. The number of ether oxygens (including phenoxy) is 1. The Kier molecular flexibility index (Phi) is 7.61. The molecule has 1 N–H and O–H groups in total. The van der Waals surface area contributed by atoms with Crippen LogP contribution in [0.4, 0.5) is 0 Å². The number of methoxy groups -OCH3 is 1. The van der Waals surface area contributed by atoms with E-state index in [1.165, 1.54) is 18.6 Å². The van der Waals surface area contributed by atoms with Crippen LogP contribution in [0.2, 0.25) is 0 Å². The predicted molar refractivity (Wildman–Crippen MR) is 134 cm³/mol. The molecule has 0 aliphatic heterocycles. The van der Waals surface area contributed by atoms with Crippen LogP contribution in [0.3, 0.4) is 0 Å². The zero-order chi connectivity index (χ0) is 25.0. The summed E-state index contributed by atoms with van der Waals surface area (Å²) >= 11 is 0. The van der Waals surface area contributed by atoms with Crippen LogP contribution >= 0.6 is 0 Å². The van der Waals surface area contributed by atoms with Gasteiger partial charge in [-0.15, -0.1) is 0 Å². The summed E-state index contributed by atoms with van der Waals surface area (Å²) < 4.78 is 16.4. The van der Waals surface area contributed by atoms with Crippen LogP contribution in [0.15, 0.2) is 67.7 Å². The van der Waals surface area contributed by atoms with E-state index in [9.17, 15) is 14.7 Å². The van der Waals surface area contributed by atoms with Crippen LogP contribution in [0.5, 0.6) is 11.5 Å². The molecule has 0 aliphatic carbocycles. The van der Waals surface area contributed by atoms with Gasteiger partial charge in [0.05, 0.1) is 12.5 Å². The maximum absolute atomic E-state index is 11.2. The lowest BCUT2D eigenvalue weighted by Crippen LogP contribution is -1.94. The van der Waals surface area contributed by atoms with Gasteiger partial charge in [-0.3, -0.25) is 4.79 Å². The minimum absolute atomic E-state index is 0.0217. The average Bonchev–Trinajstić information content (AvgIpc) is 3.14. The predicted octanol–water partition coefficient (Wildman–Crippen LogP) is 6.77. The van der Waals surface area contributed by atoms with Crippen molar-refractivity contribution in [2.75, 3.05) is 7.11 Å². The van der Waals surface area contributed by atoms with Crippen molar-refractivity contribution in [3.63, 3.8) is 0 Å². The molecule has 2 aromatic heterocycles. The van der Waals surface area contributed by atoms with Crippen molar-refractivity contribution in [1.82, 2.24) is 0 Å². The van der Waals surface area contributed by atoms with E-state index in [0.717, 1.165) is 27.8 Å². The number of benzene rings is 2. The van der Waals surface area contributed by atoms with E-state index in [-0.39, 0.29) is 23.1 Å². The Hall–Kier alpha value is -3.80. The summed E-state index contributed by atoms with van der Waals surface area (Å²) in [4.78, 5) is 22.4. The monoisotopic (exact) mass is 462 g/mol. The fourth-order valence-corrected chi connectivity index (χ4v) is 3.53. The van der Waals surface area contributed by atoms with Crippen molar-refractivity contribution >= 4 is 27.7 Å². The highest BCUT2D eigenvalue weighted by Gasteiger charge is 2.18. The lowest BCUT2D eigenvalue weighted by Gasteiger charge is -2.04. The maximum atomic E-state index is 11.2. The van der Waals surface area contributed by atoms with E-state index in [1.807, 2.05) is 39.8 Å². The smallest absolute Gasteiger partial charge is 0.336 e. The first-order chi connectivity index (χ1) is 16.1. The molecule has 0 fully saturated rings. The summed E-state index contributed by atoms with van der Waals surface area (Å²) in [5.74, 6) is 2.04. The molecule has 0 aliphatic rings. The number of aromatic hydroxyl groups is 1. The van der Waals surface area contributed by atoms with E-state index in [0.29, 0.717) is 23.2 Å². The summed E-state index contributed by atoms with van der Waals surface area (Å²) in [5.41, 5.74) is 3.46. The molecule has 0 atom stereocenters. The van der Waals surface area contributed by atoms with Gasteiger partial charge in [-0.1, -0.05) is 25.5 Å². The van der Waals surface area contributed by atoms with Crippen LogP contribution in [-0.2, 0) is 6.42 Å². The molecular weight excluding hydrogens is 432 g/mol. The molecule has 0 saturated heterocycles.